The molecule has 2 aliphatic heterocycles. The Bertz CT molecular complexity index is 844. The second-order valence-electron chi connectivity index (χ2n) is 7.54. The van der Waals surface area contributed by atoms with Gasteiger partial charge in [0, 0.05) is 13.0 Å². The van der Waals surface area contributed by atoms with Gasteiger partial charge in [-0.2, -0.15) is 0 Å². The minimum Gasteiger partial charge on any atom is -0.507 e. The molecular formula is C22H26N2O3. The van der Waals surface area contributed by atoms with E-state index in [1.165, 1.54) is 0 Å². The summed E-state index contributed by atoms with van der Waals surface area (Å²) in [4.78, 5) is 26.0. The normalized spacial score (nSPS) is 24.5. The van der Waals surface area contributed by atoms with E-state index in [0.29, 0.717) is 18.5 Å². The number of hydrogen-bond acceptors (Lipinski definition) is 4. The quantitative estimate of drug-likeness (QED) is 0.501. The molecule has 0 unspecified atom stereocenters. The molecule has 1 amide bonds. The second kappa shape index (κ2) is 7.53. The van der Waals surface area contributed by atoms with E-state index >= 15 is 0 Å². The van der Waals surface area contributed by atoms with E-state index in [-0.39, 0.29) is 17.4 Å². The zero-order valence-electron chi connectivity index (χ0n) is 16.3. The number of carbonyl (C=O) groups excluding carboxylic acids is 2. The van der Waals surface area contributed by atoms with Crippen molar-refractivity contribution in [3.8, 4) is 0 Å². The smallest absolute Gasteiger partial charge is 0.239 e. The van der Waals surface area contributed by atoms with Gasteiger partial charge >= 0.3 is 0 Å². The van der Waals surface area contributed by atoms with Gasteiger partial charge in [0.1, 0.15) is 11.8 Å². The molecule has 3 rings (SSSR count). The number of fused-ring (bicyclic) bond motifs is 1. The zero-order chi connectivity index (χ0) is 19.7. The Morgan fingerprint density at radius 2 is 1.74 bits per heavy atom. The molecule has 2 heterocycles. The number of hydrazine groups is 1. The number of aliphatic hydroxyl groups is 1. The molecular weight excluding hydrogens is 340 g/mol. The summed E-state index contributed by atoms with van der Waals surface area (Å²) >= 11 is 0. The van der Waals surface area contributed by atoms with Crippen LogP contribution in [0.1, 0.15) is 45.7 Å². The van der Waals surface area contributed by atoms with Crippen molar-refractivity contribution < 1.29 is 14.7 Å². The van der Waals surface area contributed by atoms with Crippen molar-refractivity contribution in [3.05, 3.63) is 70.5 Å². The summed E-state index contributed by atoms with van der Waals surface area (Å²) < 4.78 is 0. The average Bonchev–Trinajstić information content (AvgIpc) is 2.98. The molecule has 0 bridgehead atoms. The predicted octanol–water partition coefficient (Wildman–Crippen LogP) is 3.87. The molecule has 2 aliphatic rings. The van der Waals surface area contributed by atoms with Crippen molar-refractivity contribution in [3.63, 3.8) is 0 Å². The SMILES string of the molecule is CC(C)=C/C(O)=C1/C(=O)[C@H](C=C(C)C)N2C(=O)CCN2[C@H]1c1ccccc1. The van der Waals surface area contributed by atoms with Crippen LogP contribution in [0.25, 0.3) is 0 Å². The Morgan fingerprint density at radius 3 is 2.33 bits per heavy atom. The molecule has 2 atom stereocenters. The molecule has 1 aromatic carbocycles. The van der Waals surface area contributed by atoms with Gasteiger partial charge in [-0.25, -0.2) is 5.01 Å². The largest absolute Gasteiger partial charge is 0.507 e. The lowest BCUT2D eigenvalue weighted by molar-refractivity contribution is -0.154. The van der Waals surface area contributed by atoms with Crippen molar-refractivity contribution in [2.75, 3.05) is 6.54 Å². The first kappa shape index (κ1) is 19.1. The first-order chi connectivity index (χ1) is 12.8. The summed E-state index contributed by atoms with van der Waals surface area (Å²) in [5.74, 6) is -0.320. The molecule has 0 aliphatic carbocycles. The van der Waals surface area contributed by atoms with Crippen LogP contribution in [0.2, 0.25) is 0 Å². The lowest BCUT2D eigenvalue weighted by atomic mass is 9.87. The van der Waals surface area contributed by atoms with Gasteiger partial charge in [-0.1, -0.05) is 47.6 Å². The van der Waals surface area contributed by atoms with E-state index in [9.17, 15) is 14.7 Å². The standard InChI is InChI=1S/C22H26N2O3/c1-14(2)12-17-22(27)20(18(25)13-15(3)4)21(16-8-6-5-7-9-16)23-11-10-19(26)24(17)23/h5-9,12-13,17,21,25H,10-11H2,1-4H3/b20-18-/t17-,21-/m0/s1. The zero-order valence-corrected chi connectivity index (χ0v) is 16.3. The van der Waals surface area contributed by atoms with Gasteiger partial charge in [0.15, 0.2) is 5.78 Å². The number of carbonyl (C=O) groups is 2. The molecule has 0 radical (unpaired) electrons. The number of amides is 1. The van der Waals surface area contributed by atoms with E-state index in [2.05, 4.69) is 0 Å². The number of ketones is 1. The maximum Gasteiger partial charge on any atom is 0.239 e. The van der Waals surface area contributed by atoms with E-state index in [1.807, 2.05) is 63.0 Å². The minimum atomic E-state index is -0.715. The highest BCUT2D eigenvalue weighted by Gasteiger charge is 2.50. The van der Waals surface area contributed by atoms with Crippen molar-refractivity contribution in [1.82, 2.24) is 10.0 Å². The van der Waals surface area contributed by atoms with E-state index in [0.717, 1.165) is 16.7 Å². The number of allylic oxidation sites excluding steroid dienone is 3. The van der Waals surface area contributed by atoms with Gasteiger partial charge < -0.3 is 5.11 Å². The third-order valence-corrected chi connectivity index (χ3v) is 4.76. The molecule has 5 heteroatoms. The van der Waals surface area contributed by atoms with Gasteiger partial charge in [-0.05, 0) is 39.3 Å². The minimum absolute atomic E-state index is 0.0278. The van der Waals surface area contributed by atoms with Gasteiger partial charge in [-0.15, -0.1) is 0 Å². The summed E-state index contributed by atoms with van der Waals surface area (Å²) in [6, 6.07) is 8.37. The van der Waals surface area contributed by atoms with Crippen molar-refractivity contribution >= 4 is 11.7 Å². The van der Waals surface area contributed by atoms with Gasteiger partial charge in [0.2, 0.25) is 5.91 Å². The molecule has 2 fully saturated rings. The highest BCUT2D eigenvalue weighted by molar-refractivity contribution is 6.05. The van der Waals surface area contributed by atoms with Crippen LogP contribution in [0.5, 0.6) is 0 Å². The van der Waals surface area contributed by atoms with Crippen LogP contribution in [0.15, 0.2) is 65.0 Å². The molecule has 1 aromatic rings. The van der Waals surface area contributed by atoms with Crippen LogP contribution in [-0.4, -0.2) is 39.4 Å². The van der Waals surface area contributed by atoms with Crippen LogP contribution < -0.4 is 0 Å². The van der Waals surface area contributed by atoms with Gasteiger partial charge in [0.25, 0.3) is 0 Å². The summed E-state index contributed by atoms with van der Waals surface area (Å²) in [7, 11) is 0. The van der Waals surface area contributed by atoms with Crippen LogP contribution in [0.4, 0.5) is 0 Å². The molecule has 27 heavy (non-hydrogen) atoms. The van der Waals surface area contributed by atoms with Crippen LogP contribution in [-0.2, 0) is 9.59 Å². The number of rotatable bonds is 3. The van der Waals surface area contributed by atoms with Crippen molar-refractivity contribution in [1.29, 1.82) is 0 Å². The summed E-state index contributed by atoms with van der Waals surface area (Å²) in [5, 5.41) is 14.3. The highest BCUT2D eigenvalue weighted by atomic mass is 16.3. The fraction of sp³-hybridized carbons (Fsp3) is 0.364. The van der Waals surface area contributed by atoms with Crippen molar-refractivity contribution in [2.45, 2.75) is 46.2 Å². The first-order valence-electron chi connectivity index (χ1n) is 9.22. The lowest BCUT2D eigenvalue weighted by Crippen LogP contribution is -2.56. The maximum atomic E-state index is 13.4. The highest BCUT2D eigenvalue weighted by Crippen LogP contribution is 2.41. The Morgan fingerprint density at radius 1 is 1.07 bits per heavy atom. The number of hydrogen-bond donors (Lipinski definition) is 1. The van der Waals surface area contributed by atoms with Crippen LogP contribution >= 0.6 is 0 Å². The number of aliphatic hydroxyl groups excluding tert-OH is 1. The fourth-order valence-corrected chi connectivity index (χ4v) is 3.75. The molecule has 1 N–H and O–H groups in total. The number of benzene rings is 1. The van der Waals surface area contributed by atoms with Gasteiger partial charge in [-0.3, -0.25) is 14.6 Å². The Hall–Kier alpha value is -2.66. The third kappa shape index (κ3) is 3.60. The number of nitrogens with zero attached hydrogens (tertiary/aromatic N) is 2. The molecule has 0 aromatic heterocycles. The van der Waals surface area contributed by atoms with Crippen molar-refractivity contribution in [2.24, 2.45) is 0 Å². The molecule has 5 nitrogen and oxygen atoms in total. The van der Waals surface area contributed by atoms with Crippen LogP contribution in [0.3, 0.4) is 0 Å². The Kier molecular flexibility index (Phi) is 5.33. The predicted molar refractivity (Wildman–Crippen MR) is 105 cm³/mol. The molecule has 2 saturated heterocycles. The summed E-state index contributed by atoms with van der Waals surface area (Å²) in [6.07, 6.45) is 3.78. The summed E-state index contributed by atoms with van der Waals surface area (Å²) in [5.41, 5.74) is 3.08. The average molecular weight is 366 g/mol. The maximum absolute atomic E-state index is 13.4. The molecule has 142 valence electrons. The third-order valence-electron chi connectivity index (χ3n) is 4.76. The van der Waals surface area contributed by atoms with Crippen LogP contribution in [0, 0.1) is 0 Å². The summed E-state index contributed by atoms with van der Waals surface area (Å²) in [6.45, 7) is 8.08. The number of Topliss-reactive ketones (excluding diaryl/α,β-unsaturated/α-hetero) is 1. The topological polar surface area (TPSA) is 60.9 Å². The first-order valence-corrected chi connectivity index (χ1v) is 9.22. The second-order valence-corrected chi connectivity index (χ2v) is 7.54. The van der Waals surface area contributed by atoms with Gasteiger partial charge in [0.05, 0.1) is 11.6 Å². The monoisotopic (exact) mass is 366 g/mol. The van der Waals surface area contributed by atoms with E-state index in [1.54, 1.807) is 17.2 Å². The molecule has 0 saturated carbocycles. The van der Waals surface area contributed by atoms with E-state index in [4.69, 9.17) is 0 Å². The Labute approximate surface area is 160 Å². The Balaban J connectivity index is 2.24. The fourth-order valence-electron chi connectivity index (χ4n) is 3.75. The van der Waals surface area contributed by atoms with E-state index < -0.39 is 12.1 Å². The lowest BCUT2D eigenvalue weighted by Gasteiger charge is -2.44. The molecule has 0 spiro atoms.